The first-order valence-electron chi connectivity index (χ1n) is 7.45. The van der Waals surface area contributed by atoms with Crippen LogP contribution >= 0.6 is 11.6 Å². The summed E-state index contributed by atoms with van der Waals surface area (Å²) in [4.78, 5) is 23.7. The topological polar surface area (TPSA) is 52.2 Å². The lowest BCUT2D eigenvalue weighted by Gasteiger charge is -2.24. The molecule has 0 spiro atoms. The Morgan fingerprint density at radius 1 is 1.23 bits per heavy atom. The summed E-state index contributed by atoms with van der Waals surface area (Å²) in [6.45, 7) is 4.95. The minimum atomic E-state index is 0.0154. The van der Waals surface area contributed by atoms with E-state index >= 15 is 0 Å². The molecular formula is C16H19ClN4O. The second kappa shape index (κ2) is 6.40. The van der Waals surface area contributed by atoms with Crippen LogP contribution < -0.4 is 4.90 Å². The fraction of sp³-hybridized carbons (Fsp3) is 0.375. The molecule has 5 nitrogen and oxygen atoms in total. The summed E-state index contributed by atoms with van der Waals surface area (Å²) in [5.41, 5.74) is 1.60. The number of para-hydroxylation sites is 1. The van der Waals surface area contributed by atoms with Gasteiger partial charge in [-0.1, -0.05) is 23.7 Å². The van der Waals surface area contributed by atoms with Crippen LogP contribution in [-0.2, 0) is 0 Å². The number of carbonyl (C=O) groups excluding carboxylic acids is 1. The third-order valence-corrected chi connectivity index (χ3v) is 4.23. The van der Waals surface area contributed by atoms with Crippen LogP contribution in [0.25, 0.3) is 0 Å². The van der Waals surface area contributed by atoms with E-state index in [-0.39, 0.29) is 5.91 Å². The van der Waals surface area contributed by atoms with Crippen LogP contribution in [0.3, 0.4) is 0 Å². The minimum absolute atomic E-state index is 0.0154. The van der Waals surface area contributed by atoms with Gasteiger partial charge in [0.25, 0.3) is 5.91 Å². The third-order valence-electron chi connectivity index (χ3n) is 3.91. The summed E-state index contributed by atoms with van der Waals surface area (Å²) < 4.78 is 0. The molecule has 6 heteroatoms. The Labute approximate surface area is 134 Å². The van der Waals surface area contributed by atoms with Crippen molar-refractivity contribution in [2.75, 3.05) is 31.1 Å². The molecule has 2 heterocycles. The number of aromatic amines is 1. The van der Waals surface area contributed by atoms with Crippen molar-refractivity contribution in [2.24, 2.45) is 0 Å². The summed E-state index contributed by atoms with van der Waals surface area (Å²) in [7, 11) is 0. The number of nitrogens with one attached hydrogen (secondary N) is 1. The Hall–Kier alpha value is -2.01. The molecule has 22 heavy (non-hydrogen) atoms. The number of aromatic nitrogens is 2. The van der Waals surface area contributed by atoms with Crippen molar-refractivity contribution < 1.29 is 4.79 Å². The quantitative estimate of drug-likeness (QED) is 0.926. The zero-order valence-electron chi connectivity index (χ0n) is 12.6. The van der Waals surface area contributed by atoms with Gasteiger partial charge in [-0.05, 0) is 25.5 Å². The molecule has 0 radical (unpaired) electrons. The first-order chi connectivity index (χ1) is 10.6. The van der Waals surface area contributed by atoms with Gasteiger partial charge in [0.2, 0.25) is 0 Å². The van der Waals surface area contributed by atoms with Gasteiger partial charge >= 0.3 is 0 Å². The number of aryl methyl sites for hydroxylation is 1. The maximum absolute atomic E-state index is 12.5. The lowest BCUT2D eigenvalue weighted by Crippen LogP contribution is -2.35. The molecule has 0 unspecified atom stereocenters. The van der Waals surface area contributed by atoms with Gasteiger partial charge in [-0.2, -0.15) is 0 Å². The molecule has 3 rings (SSSR count). The molecule has 1 aliphatic rings. The minimum Gasteiger partial charge on any atom is -0.368 e. The largest absolute Gasteiger partial charge is 0.368 e. The Morgan fingerprint density at radius 2 is 2.05 bits per heavy atom. The number of H-pyrrole nitrogens is 1. The number of hydrogen-bond donors (Lipinski definition) is 1. The first kappa shape index (κ1) is 14.9. The molecule has 1 N–H and O–H groups in total. The van der Waals surface area contributed by atoms with Crippen molar-refractivity contribution in [3.63, 3.8) is 0 Å². The van der Waals surface area contributed by atoms with Crippen molar-refractivity contribution in [1.82, 2.24) is 14.9 Å². The summed E-state index contributed by atoms with van der Waals surface area (Å²) in [5, 5.41) is 0.756. The maximum Gasteiger partial charge on any atom is 0.271 e. The van der Waals surface area contributed by atoms with Crippen molar-refractivity contribution >= 4 is 23.2 Å². The predicted molar refractivity (Wildman–Crippen MR) is 87.5 cm³/mol. The molecule has 1 aromatic carbocycles. The fourth-order valence-electron chi connectivity index (χ4n) is 2.77. The van der Waals surface area contributed by atoms with Crippen LogP contribution in [0.15, 0.2) is 30.5 Å². The molecule has 1 aromatic heterocycles. The van der Waals surface area contributed by atoms with E-state index in [0.29, 0.717) is 12.2 Å². The van der Waals surface area contributed by atoms with Gasteiger partial charge in [0.15, 0.2) is 0 Å². The van der Waals surface area contributed by atoms with E-state index in [4.69, 9.17) is 11.6 Å². The van der Waals surface area contributed by atoms with E-state index in [0.717, 1.165) is 42.6 Å². The fourth-order valence-corrected chi connectivity index (χ4v) is 3.02. The first-order valence-corrected chi connectivity index (χ1v) is 7.83. The summed E-state index contributed by atoms with van der Waals surface area (Å²) in [5.74, 6) is 0.775. The highest BCUT2D eigenvalue weighted by atomic mass is 35.5. The standard InChI is InChI=1S/C16H19ClN4O/c1-12-18-11-14(19-12)16(22)21-8-4-7-20(9-10-21)15-6-3-2-5-13(15)17/h2-3,5-6,11H,4,7-10H2,1H3,(H,18,19). The van der Waals surface area contributed by atoms with Crippen molar-refractivity contribution in [3.8, 4) is 0 Å². The van der Waals surface area contributed by atoms with Gasteiger partial charge in [0.1, 0.15) is 11.5 Å². The molecule has 0 atom stereocenters. The second-order valence-corrected chi connectivity index (χ2v) is 5.87. The molecule has 1 aliphatic heterocycles. The number of carbonyl (C=O) groups is 1. The van der Waals surface area contributed by atoms with E-state index in [1.54, 1.807) is 6.20 Å². The molecule has 116 valence electrons. The van der Waals surface area contributed by atoms with E-state index in [1.807, 2.05) is 36.1 Å². The molecule has 1 amide bonds. The number of imidazole rings is 1. The van der Waals surface area contributed by atoms with Crippen LogP contribution in [-0.4, -0.2) is 47.0 Å². The monoisotopic (exact) mass is 318 g/mol. The lowest BCUT2D eigenvalue weighted by molar-refractivity contribution is 0.0761. The highest BCUT2D eigenvalue weighted by molar-refractivity contribution is 6.33. The normalized spacial score (nSPS) is 15.7. The zero-order valence-corrected chi connectivity index (χ0v) is 13.3. The summed E-state index contributed by atoms with van der Waals surface area (Å²) in [6, 6.07) is 7.85. The van der Waals surface area contributed by atoms with Crippen LogP contribution in [0.1, 0.15) is 22.7 Å². The molecule has 0 aliphatic carbocycles. The van der Waals surface area contributed by atoms with Gasteiger partial charge in [0.05, 0.1) is 16.9 Å². The van der Waals surface area contributed by atoms with Crippen molar-refractivity contribution in [1.29, 1.82) is 0 Å². The van der Waals surface area contributed by atoms with Crippen LogP contribution in [0.2, 0.25) is 5.02 Å². The van der Waals surface area contributed by atoms with Crippen molar-refractivity contribution in [3.05, 3.63) is 47.0 Å². The Bertz CT molecular complexity index is 670. The highest BCUT2D eigenvalue weighted by Gasteiger charge is 2.22. The van der Waals surface area contributed by atoms with E-state index in [2.05, 4.69) is 14.9 Å². The molecule has 2 aromatic rings. The van der Waals surface area contributed by atoms with Crippen LogP contribution in [0.5, 0.6) is 0 Å². The van der Waals surface area contributed by atoms with Crippen LogP contribution in [0.4, 0.5) is 5.69 Å². The second-order valence-electron chi connectivity index (χ2n) is 5.47. The van der Waals surface area contributed by atoms with Gasteiger partial charge < -0.3 is 14.8 Å². The maximum atomic E-state index is 12.5. The number of anilines is 1. The summed E-state index contributed by atoms with van der Waals surface area (Å²) >= 11 is 6.27. The number of rotatable bonds is 2. The molecule has 0 bridgehead atoms. The van der Waals surface area contributed by atoms with Gasteiger partial charge in [0, 0.05) is 26.2 Å². The predicted octanol–water partition coefficient (Wildman–Crippen LogP) is 2.72. The molecule has 1 saturated heterocycles. The smallest absolute Gasteiger partial charge is 0.271 e. The lowest BCUT2D eigenvalue weighted by atomic mass is 10.2. The Balaban J connectivity index is 1.70. The average molecular weight is 319 g/mol. The van der Waals surface area contributed by atoms with Gasteiger partial charge in [-0.15, -0.1) is 0 Å². The van der Waals surface area contributed by atoms with Gasteiger partial charge in [-0.3, -0.25) is 4.79 Å². The van der Waals surface area contributed by atoms with Crippen LogP contribution in [0, 0.1) is 6.92 Å². The number of nitrogens with zero attached hydrogens (tertiary/aromatic N) is 3. The number of hydrogen-bond acceptors (Lipinski definition) is 3. The highest BCUT2D eigenvalue weighted by Crippen LogP contribution is 2.26. The number of halogens is 1. The van der Waals surface area contributed by atoms with Gasteiger partial charge in [-0.25, -0.2) is 4.98 Å². The SMILES string of the molecule is Cc1ncc(C(=O)N2CCCN(c3ccccc3Cl)CC2)[nH]1. The molecule has 0 saturated carbocycles. The Morgan fingerprint density at radius 3 is 2.77 bits per heavy atom. The number of amides is 1. The Kier molecular flexibility index (Phi) is 4.34. The van der Waals surface area contributed by atoms with Crippen molar-refractivity contribution in [2.45, 2.75) is 13.3 Å². The number of benzene rings is 1. The summed E-state index contributed by atoms with van der Waals surface area (Å²) in [6.07, 6.45) is 2.53. The molecule has 1 fully saturated rings. The average Bonchev–Trinajstić information content (AvgIpc) is 2.81. The third kappa shape index (κ3) is 3.09. The van der Waals surface area contributed by atoms with E-state index in [9.17, 15) is 4.79 Å². The zero-order chi connectivity index (χ0) is 15.5. The molecular weight excluding hydrogens is 300 g/mol. The van der Waals surface area contributed by atoms with E-state index in [1.165, 1.54) is 0 Å². The van der Waals surface area contributed by atoms with E-state index < -0.39 is 0 Å².